The van der Waals surface area contributed by atoms with E-state index in [0.29, 0.717) is 24.1 Å². The zero-order chi connectivity index (χ0) is 38.8. The van der Waals surface area contributed by atoms with Crippen LogP contribution in [-0.2, 0) is 16.6 Å². The molecule has 8 rings (SSSR count). The highest BCUT2D eigenvalue weighted by Gasteiger charge is 2.45. The Morgan fingerprint density at radius 2 is 1.76 bits per heavy atom. The van der Waals surface area contributed by atoms with Gasteiger partial charge in [0.1, 0.15) is 5.75 Å². The molecule has 1 saturated carbocycles. The first-order valence-electron chi connectivity index (χ1n) is 20.1. The summed E-state index contributed by atoms with van der Waals surface area (Å²) < 4.78 is 38.1. The van der Waals surface area contributed by atoms with Gasteiger partial charge in [-0.05, 0) is 105 Å². The molecule has 2 aromatic carbocycles. The first kappa shape index (κ1) is 37.5. The van der Waals surface area contributed by atoms with Crippen molar-refractivity contribution < 1.29 is 22.7 Å². The molecule has 4 aromatic rings. The van der Waals surface area contributed by atoms with Crippen molar-refractivity contribution in [3.63, 3.8) is 0 Å². The van der Waals surface area contributed by atoms with Crippen molar-refractivity contribution in [2.24, 2.45) is 5.92 Å². The van der Waals surface area contributed by atoms with Gasteiger partial charge in [0, 0.05) is 53.2 Å². The number of fused-ring (bicyclic) bond motifs is 7. The molecule has 12 heteroatoms. The lowest BCUT2D eigenvalue weighted by molar-refractivity contribution is 0.0630. The molecule has 2 aromatic heterocycles. The minimum atomic E-state index is -3.82. The number of hydrogen-bond donors (Lipinski definition) is 1. The van der Waals surface area contributed by atoms with E-state index >= 15 is 0 Å². The van der Waals surface area contributed by atoms with Crippen LogP contribution >= 0.6 is 0 Å². The molecular weight excluding hydrogens is 713 g/mol. The highest BCUT2D eigenvalue weighted by molar-refractivity contribution is 7.90. The predicted octanol–water partition coefficient (Wildman–Crippen LogP) is 7.33. The van der Waals surface area contributed by atoms with Crippen molar-refractivity contribution in [1.82, 2.24) is 28.9 Å². The molecule has 292 valence electrons. The largest absolute Gasteiger partial charge is 0.497 e. The van der Waals surface area contributed by atoms with Crippen LogP contribution in [0.25, 0.3) is 33.8 Å². The number of methoxy groups -OCH3 is 1. The number of hydrogen-bond acceptors (Lipinski definition) is 7. The molecule has 0 spiro atoms. The Kier molecular flexibility index (Phi) is 9.94. The van der Waals surface area contributed by atoms with E-state index in [9.17, 15) is 18.0 Å². The number of ether oxygens (including phenoxy) is 1. The van der Waals surface area contributed by atoms with Gasteiger partial charge in [-0.2, -0.15) is 5.10 Å². The van der Waals surface area contributed by atoms with E-state index in [1.807, 2.05) is 36.7 Å². The van der Waals surface area contributed by atoms with Crippen molar-refractivity contribution in [1.29, 1.82) is 0 Å². The maximum atomic E-state index is 14.6. The Hall–Kier alpha value is -4.42. The summed E-state index contributed by atoms with van der Waals surface area (Å²) in [5.74, 6) is 0.173. The molecule has 4 aliphatic rings. The third kappa shape index (κ3) is 6.79. The number of rotatable bonds is 10. The molecule has 2 bridgehead atoms. The number of likely N-dealkylation sites (tertiary alicyclic amines) is 2. The van der Waals surface area contributed by atoms with E-state index in [1.165, 1.54) is 12.0 Å². The summed E-state index contributed by atoms with van der Waals surface area (Å²) >= 11 is 0. The number of nitrogens with zero attached hydrogens (tertiary/aromatic N) is 5. The van der Waals surface area contributed by atoms with Crippen LogP contribution < -0.4 is 9.46 Å². The maximum Gasteiger partial charge on any atom is 0.264 e. The normalized spacial score (nSPS) is 20.2. The van der Waals surface area contributed by atoms with Crippen molar-refractivity contribution in [3.05, 3.63) is 70.5 Å². The first-order valence-corrected chi connectivity index (χ1v) is 21.7. The van der Waals surface area contributed by atoms with Gasteiger partial charge in [-0.3, -0.25) is 19.2 Å². The second-order valence-electron chi connectivity index (χ2n) is 16.7. The van der Waals surface area contributed by atoms with E-state index in [1.54, 1.807) is 19.4 Å². The van der Waals surface area contributed by atoms with Crippen LogP contribution in [0.2, 0.25) is 0 Å². The lowest BCUT2D eigenvalue weighted by Gasteiger charge is -2.33. The molecule has 1 aliphatic carbocycles. The van der Waals surface area contributed by atoms with E-state index in [2.05, 4.69) is 58.1 Å². The third-order valence-corrected chi connectivity index (χ3v) is 13.8. The fourth-order valence-electron chi connectivity index (χ4n) is 9.78. The fraction of sp³-hybridized carbons (Fsp3) is 0.512. The number of sulfonamides is 1. The van der Waals surface area contributed by atoms with Crippen LogP contribution in [0.3, 0.4) is 0 Å². The zero-order valence-electron chi connectivity index (χ0n) is 33.0. The van der Waals surface area contributed by atoms with E-state index < -0.39 is 15.9 Å². The Balaban J connectivity index is 1.31. The van der Waals surface area contributed by atoms with E-state index in [4.69, 9.17) is 9.84 Å². The van der Waals surface area contributed by atoms with Crippen LogP contribution in [-0.4, -0.2) is 89.0 Å². The number of likely N-dealkylation sites (N-methyl/N-ethyl adjacent to an activating group) is 1. The highest BCUT2D eigenvalue weighted by Crippen LogP contribution is 2.48. The smallest absolute Gasteiger partial charge is 0.264 e. The van der Waals surface area contributed by atoms with Gasteiger partial charge in [-0.15, -0.1) is 0 Å². The van der Waals surface area contributed by atoms with Gasteiger partial charge in [0.15, 0.2) is 0 Å². The van der Waals surface area contributed by atoms with Crippen molar-refractivity contribution in [2.45, 2.75) is 104 Å². The molecule has 2 atom stereocenters. The van der Waals surface area contributed by atoms with Gasteiger partial charge in [0.05, 0.1) is 42.6 Å². The average Bonchev–Trinajstić information content (AvgIpc) is 3.93. The summed E-state index contributed by atoms with van der Waals surface area (Å²) in [4.78, 5) is 32.8. The van der Waals surface area contributed by atoms with Crippen LogP contribution in [0.5, 0.6) is 5.75 Å². The number of amides is 2. The molecule has 0 unspecified atom stereocenters. The Bertz CT molecular complexity index is 2300. The van der Waals surface area contributed by atoms with E-state index in [0.717, 1.165) is 96.5 Å². The molecule has 11 nitrogen and oxygen atoms in total. The summed E-state index contributed by atoms with van der Waals surface area (Å²) in [6, 6.07) is 12.4. The molecule has 5 heterocycles. The van der Waals surface area contributed by atoms with Crippen LogP contribution in [0.4, 0.5) is 0 Å². The quantitative estimate of drug-likeness (QED) is 0.180. The summed E-state index contributed by atoms with van der Waals surface area (Å²) in [7, 11) is -2.14. The second kappa shape index (κ2) is 14.6. The SMILES string of the molecule is CCN1C[C@H]2C[C@@H]1CN2C(=O)c1cnn(C(C)C)c1C1=Cc2cc(OC)ccc2-c2c(C3CCCCC3)c3ccc(C(=O)NS(=O)(=O)CC(C)C)cc3n2C1. The lowest BCUT2D eigenvalue weighted by Crippen LogP contribution is -2.48. The van der Waals surface area contributed by atoms with Crippen molar-refractivity contribution in [2.75, 3.05) is 32.5 Å². The van der Waals surface area contributed by atoms with Gasteiger partial charge < -0.3 is 14.2 Å². The van der Waals surface area contributed by atoms with E-state index in [-0.39, 0.29) is 35.2 Å². The summed E-state index contributed by atoms with van der Waals surface area (Å²) in [6.45, 7) is 13.0. The standard InChI is InChI=1S/C43H54N6O5S/c1-7-46-23-33-20-32(46)24-47(33)43(51)37-21-44-49(27(4)5)40(37)31-17-30-18-34(54-6)14-16-35(30)41-39(28-11-9-8-10-12-28)36-15-13-29(19-38(36)48(41)22-31)42(50)45-55(52,53)25-26(2)3/h13-19,21,26-28,32-33H,7-12,20,22-25H2,1-6H3,(H,45,50)/t32-,33-/m1/s1. The predicted molar refractivity (Wildman–Crippen MR) is 217 cm³/mol. The van der Waals surface area contributed by atoms with Crippen molar-refractivity contribution >= 4 is 44.4 Å². The second-order valence-corrected chi connectivity index (χ2v) is 18.4. The zero-order valence-corrected chi connectivity index (χ0v) is 33.8. The highest BCUT2D eigenvalue weighted by atomic mass is 32.2. The fourth-order valence-corrected chi connectivity index (χ4v) is 11.1. The van der Waals surface area contributed by atoms with Gasteiger partial charge in [-0.25, -0.2) is 13.1 Å². The van der Waals surface area contributed by atoms with Crippen molar-refractivity contribution in [3.8, 4) is 17.0 Å². The number of nitrogens with one attached hydrogen (secondary N) is 1. The van der Waals surface area contributed by atoms with Gasteiger partial charge in [0.2, 0.25) is 10.0 Å². The summed E-state index contributed by atoms with van der Waals surface area (Å²) in [6.07, 6.45) is 10.6. The molecule has 1 N–H and O–H groups in total. The minimum absolute atomic E-state index is 0.0159. The first-order chi connectivity index (χ1) is 26.4. The lowest BCUT2D eigenvalue weighted by atomic mass is 9.81. The van der Waals surface area contributed by atoms with Gasteiger partial charge >= 0.3 is 0 Å². The molecule has 2 saturated heterocycles. The minimum Gasteiger partial charge on any atom is -0.497 e. The Morgan fingerprint density at radius 3 is 2.44 bits per heavy atom. The van der Waals surface area contributed by atoms with Gasteiger partial charge in [0.25, 0.3) is 11.8 Å². The summed E-state index contributed by atoms with van der Waals surface area (Å²) in [5, 5.41) is 5.92. The number of aromatic nitrogens is 3. The number of carbonyl (C=O) groups is 2. The number of carbonyl (C=O) groups excluding carboxylic acids is 2. The molecule has 0 radical (unpaired) electrons. The van der Waals surface area contributed by atoms with Gasteiger partial charge in [-0.1, -0.05) is 46.1 Å². The monoisotopic (exact) mass is 766 g/mol. The third-order valence-electron chi connectivity index (χ3n) is 12.2. The molecular formula is C43H54N6O5S. The molecule has 55 heavy (non-hydrogen) atoms. The molecule has 2 amide bonds. The average molecular weight is 767 g/mol. The van der Waals surface area contributed by atoms with Crippen LogP contribution in [0.15, 0.2) is 42.6 Å². The Labute approximate surface area is 324 Å². The number of allylic oxidation sites excluding steroid dienone is 1. The topological polar surface area (TPSA) is 119 Å². The van der Waals surface area contributed by atoms with Crippen LogP contribution in [0.1, 0.15) is 123 Å². The molecule has 3 fully saturated rings. The number of piperazine rings is 1. The Morgan fingerprint density at radius 1 is 0.982 bits per heavy atom. The maximum absolute atomic E-state index is 14.6. The molecule has 3 aliphatic heterocycles. The summed E-state index contributed by atoms with van der Waals surface area (Å²) in [5.41, 5.74) is 7.87. The number of benzene rings is 2. The van der Waals surface area contributed by atoms with Crippen LogP contribution in [0, 0.1) is 5.92 Å².